The summed E-state index contributed by atoms with van der Waals surface area (Å²) in [7, 11) is 1.52. The van der Waals surface area contributed by atoms with Crippen LogP contribution in [0.5, 0.6) is 0 Å². The van der Waals surface area contributed by atoms with Crippen molar-refractivity contribution in [1.29, 1.82) is 0 Å². The van der Waals surface area contributed by atoms with Crippen LogP contribution in [0.1, 0.15) is 37.7 Å². The molecule has 0 spiro atoms. The number of nitrogens with one attached hydrogen (secondary N) is 1. The fourth-order valence-corrected chi connectivity index (χ4v) is 4.30. The first-order valence-corrected chi connectivity index (χ1v) is 8.74. The number of nitrogens with zero attached hydrogens (tertiary/aromatic N) is 1. The van der Waals surface area contributed by atoms with Gasteiger partial charge in [-0.25, -0.2) is 0 Å². The third-order valence-electron chi connectivity index (χ3n) is 5.50. The van der Waals surface area contributed by atoms with Crippen LogP contribution >= 0.6 is 0 Å². The molecule has 2 fully saturated rings. The molecular formula is C19H26N2O3. The van der Waals surface area contributed by atoms with Gasteiger partial charge in [0.05, 0.1) is 0 Å². The minimum Gasteiger partial charge on any atom is -0.375 e. The number of rotatable bonds is 6. The highest BCUT2D eigenvalue weighted by Gasteiger charge is 2.50. The predicted molar refractivity (Wildman–Crippen MR) is 91.2 cm³/mol. The van der Waals surface area contributed by atoms with Gasteiger partial charge in [0.2, 0.25) is 11.8 Å². The molecule has 1 saturated carbocycles. The largest absolute Gasteiger partial charge is 0.375 e. The van der Waals surface area contributed by atoms with E-state index in [2.05, 4.69) is 17.4 Å². The molecule has 0 aromatic heterocycles. The smallest absolute Gasteiger partial charge is 0.246 e. The van der Waals surface area contributed by atoms with Crippen LogP contribution in [0.25, 0.3) is 0 Å². The van der Waals surface area contributed by atoms with Gasteiger partial charge in [0.15, 0.2) is 0 Å². The van der Waals surface area contributed by atoms with Crippen LogP contribution in [0.15, 0.2) is 30.3 Å². The van der Waals surface area contributed by atoms with Crippen LogP contribution in [-0.4, -0.2) is 43.0 Å². The number of hydrogen-bond acceptors (Lipinski definition) is 3. The lowest BCUT2D eigenvalue weighted by Crippen LogP contribution is -2.55. The third kappa shape index (κ3) is 3.46. The van der Waals surface area contributed by atoms with Gasteiger partial charge >= 0.3 is 0 Å². The molecule has 2 atom stereocenters. The zero-order valence-corrected chi connectivity index (χ0v) is 14.3. The summed E-state index contributed by atoms with van der Waals surface area (Å²) in [5.74, 6) is 0.161. The van der Waals surface area contributed by atoms with Crippen molar-refractivity contribution in [3.05, 3.63) is 35.9 Å². The molecule has 1 aliphatic carbocycles. The lowest BCUT2D eigenvalue weighted by atomic mass is 9.74. The molecule has 1 heterocycles. The van der Waals surface area contributed by atoms with Crippen molar-refractivity contribution in [1.82, 2.24) is 10.2 Å². The highest BCUT2D eigenvalue weighted by Crippen LogP contribution is 2.48. The summed E-state index contributed by atoms with van der Waals surface area (Å²) < 4.78 is 4.89. The van der Waals surface area contributed by atoms with E-state index in [4.69, 9.17) is 4.74 Å². The maximum absolute atomic E-state index is 12.5. The van der Waals surface area contributed by atoms with Crippen LogP contribution in [-0.2, 0) is 20.9 Å². The minimum atomic E-state index is -0.0796. The Morgan fingerprint density at radius 3 is 2.88 bits per heavy atom. The summed E-state index contributed by atoms with van der Waals surface area (Å²) >= 11 is 0. The fraction of sp³-hybridized carbons (Fsp3) is 0.579. The van der Waals surface area contributed by atoms with Gasteiger partial charge in [-0.05, 0) is 24.8 Å². The van der Waals surface area contributed by atoms with E-state index in [1.165, 1.54) is 7.11 Å². The summed E-state index contributed by atoms with van der Waals surface area (Å²) in [4.78, 5) is 26.4. The van der Waals surface area contributed by atoms with Crippen molar-refractivity contribution in [2.45, 2.75) is 44.7 Å². The van der Waals surface area contributed by atoms with Crippen LogP contribution in [0.4, 0.5) is 0 Å². The molecule has 0 unspecified atom stereocenters. The van der Waals surface area contributed by atoms with E-state index < -0.39 is 0 Å². The van der Waals surface area contributed by atoms with Crippen LogP contribution < -0.4 is 5.32 Å². The number of piperidine rings is 1. The second-order valence-electron chi connectivity index (χ2n) is 6.99. The Bertz CT molecular complexity index is 590. The maximum atomic E-state index is 12.5. The predicted octanol–water partition coefficient (Wildman–Crippen LogP) is 2.11. The summed E-state index contributed by atoms with van der Waals surface area (Å²) in [6.45, 7) is 1.39. The van der Waals surface area contributed by atoms with Gasteiger partial charge in [0, 0.05) is 38.1 Å². The third-order valence-corrected chi connectivity index (χ3v) is 5.50. The van der Waals surface area contributed by atoms with Crippen molar-refractivity contribution in [2.24, 2.45) is 5.41 Å². The van der Waals surface area contributed by atoms with Crippen molar-refractivity contribution in [3.63, 3.8) is 0 Å². The molecule has 5 nitrogen and oxygen atoms in total. The maximum Gasteiger partial charge on any atom is 0.246 e. The number of ether oxygens (including phenoxy) is 1. The molecule has 5 heteroatoms. The van der Waals surface area contributed by atoms with Gasteiger partial charge in [-0.15, -0.1) is 0 Å². The molecule has 1 saturated heterocycles. The number of fused-ring (bicyclic) bond motifs is 1. The van der Waals surface area contributed by atoms with E-state index in [9.17, 15) is 9.59 Å². The zero-order chi connectivity index (χ0) is 17.0. The first kappa shape index (κ1) is 17.0. The molecule has 0 bridgehead atoms. The molecule has 130 valence electrons. The molecule has 1 aliphatic heterocycles. The zero-order valence-electron chi connectivity index (χ0n) is 14.3. The average Bonchev–Trinajstić information content (AvgIpc) is 3.02. The molecule has 2 aliphatic rings. The van der Waals surface area contributed by atoms with Crippen molar-refractivity contribution < 1.29 is 14.3 Å². The first-order valence-electron chi connectivity index (χ1n) is 8.74. The quantitative estimate of drug-likeness (QED) is 0.869. The van der Waals surface area contributed by atoms with Crippen LogP contribution in [0.3, 0.4) is 0 Å². The standard InChI is InChI=1S/C19H26N2O3/c1-24-13-17(22)20-14-19-10-5-8-16(19)21(18(23)9-11-19)12-15-6-3-2-4-7-15/h2-4,6-7,16H,5,8-14H2,1H3,(H,20,22)/t16-,19+/m1/s1. The number of hydrogen-bond donors (Lipinski definition) is 1. The van der Waals surface area contributed by atoms with Gasteiger partial charge < -0.3 is 15.0 Å². The summed E-state index contributed by atoms with van der Waals surface area (Å²) in [5.41, 5.74) is 1.18. The number of methoxy groups -OCH3 is 1. The lowest BCUT2D eigenvalue weighted by Gasteiger charge is -2.46. The van der Waals surface area contributed by atoms with E-state index >= 15 is 0 Å². The molecule has 2 amide bonds. The van der Waals surface area contributed by atoms with E-state index in [1.54, 1.807) is 0 Å². The van der Waals surface area contributed by atoms with Crippen molar-refractivity contribution in [3.8, 4) is 0 Å². The SMILES string of the molecule is COCC(=O)NC[C@@]12CCC[C@H]1N(Cc1ccccc1)C(=O)CC2. The first-order chi connectivity index (χ1) is 11.6. The Labute approximate surface area is 143 Å². The summed E-state index contributed by atoms with van der Waals surface area (Å²) in [6.07, 6.45) is 4.66. The van der Waals surface area contributed by atoms with E-state index in [0.717, 1.165) is 31.2 Å². The Morgan fingerprint density at radius 2 is 2.12 bits per heavy atom. The number of likely N-dealkylation sites (tertiary alicyclic amines) is 1. The van der Waals surface area contributed by atoms with Gasteiger partial charge in [0.25, 0.3) is 0 Å². The van der Waals surface area contributed by atoms with E-state index in [-0.39, 0.29) is 29.9 Å². The van der Waals surface area contributed by atoms with E-state index in [1.807, 2.05) is 23.1 Å². The number of carbonyl (C=O) groups is 2. The fourth-order valence-electron chi connectivity index (χ4n) is 4.30. The molecule has 1 aromatic carbocycles. The molecule has 24 heavy (non-hydrogen) atoms. The van der Waals surface area contributed by atoms with E-state index in [0.29, 0.717) is 19.5 Å². The number of benzene rings is 1. The van der Waals surface area contributed by atoms with Crippen molar-refractivity contribution in [2.75, 3.05) is 20.3 Å². The summed E-state index contributed by atoms with van der Waals surface area (Å²) in [6, 6.07) is 10.4. The highest BCUT2D eigenvalue weighted by molar-refractivity contribution is 5.79. The monoisotopic (exact) mass is 330 g/mol. The van der Waals surface area contributed by atoms with Crippen LogP contribution in [0, 0.1) is 5.41 Å². The molecule has 0 radical (unpaired) electrons. The second-order valence-corrected chi connectivity index (χ2v) is 6.99. The topological polar surface area (TPSA) is 58.6 Å². The van der Waals surface area contributed by atoms with Crippen molar-refractivity contribution >= 4 is 11.8 Å². The molecule has 3 rings (SSSR count). The van der Waals surface area contributed by atoms with Gasteiger partial charge in [-0.3, -0.25) is 9.59 Å². The van der Waals surface area contributed by atoms with Gasteiger partial charge in [0.1, 0.15) is 6.61 Å². The lowest BCUT2D eigenvalue weighted by molar-refractivity contribution is -0.143. The molecule has 1 N–H and O–H groups in total. The molecule has 1 aromatic rings. The minimum absolute atomic E-state index is 0.0199. The number of carbonyl (C=O) groups excluding carboxylic acids is 2. The Hall–Kier alpha value is -1.88. The average molecular weight is 330 g/mol. The number of amides is 2. The summed E-state index contributed by atoms with van der Waals surface area (Å²) in [5, 5.41) is 3.01. The van der Waals surface area contributed by atoms with Gasteiger partial charge in [-0.2, -0.15) is 0 Å². The Balaban J connectivity index is 1.73. The second kappa shape index (κ2) is 7.34. The Morgan fingerprint density at radius 1 is 1.33 bits per heavy atom. The Kier molecular flexibility index (Phi) is 5.19. The molecular weight excluding hydrogens is 304 g/mol. The highest BCUT2D eigenvalue weighted by atomic mass is 16.5. The van der Waals surface area contributed by atoms with Crippen LogP contribution in [0.2, 0.25) is 0 Å². The van der Waals surface area contributed by atoms with Gasteiger partial charge in [-0.1, -0.05) is 36.8 Å². The normalized spacial score (nSPS) is 26.3.